The molecule has 5 nitrogen and oxygen atoms in total. The minimum Gasteiger partial charge on any atom is -0.478 e. The summed E-state index contributed by atoms with van der Waals surface area (Å²) in [6.07, 6.45) is 0.568. The molecule has 0 saturated heterocycles. The van der Waals surface area contributed by atoms with E-state index in [1.165, 1.54) is 11.0 Å². The van der Waals surface area contributed by atoms with Gasteiger partial charge in [0.25, 0.3) is 0 Å². The highest BCUT2D eigenvalue weighted by Gasteiger charge is 2.23. The molecule has 1 amide bonds. The van der Waals surface area contributed by atoms with Crippen LogP contribution in [-0.4, -0.2) is 30.1 Å². The lowest BCUT2D eigenvalue weighted by Gasteiger charge is -2.23. The van der Waals surface area contributed by atoms with E-state index in [2.05, 4.69) is 0 Å². The molecule has 1 rings (SSSR count). The van der Waals surface area contributed by atoms with Crippen molar-refractivity contribution >= 4 is 17.6 Å². The number of nitrogens with zero attached hydrogens (tertiary/aromatic N) is 1. The van der Waals surface area contributed by atoms with Gasteiger partial charge < -0.3 is 15.7 Å². The van der Waals surface area contributed by atoms with Gasteiger partial charge in [0.05, 0.1) is 17.3 Å². The lowest BCUT2D eigenvalue weighted by atomic mass is 10.0. The number of carbonyl (C=O) groups excluding carboxylic acids is 1. The van der Waals surface area contributed by atoms with E-state index in [9.17, 15) is 9.59 Å². The van der Waals surface area contributed by atoms with Gasteiger partial charge in [0, 0.05) is 7.05 Å². The van der Waals surface area contributed by atoms with E-state index < -0.39 is 12.0 Å². The van der Waals surface area contributed by atoms with Crippen molar-refractivity contribution in [2.75, 3.05) is 11.9 Å². The summed E-state index contributed by atoms with van der Waals surface area (Å²) in [6, 6.07) is 5.77. The summed E-state index contributed by atoms with van der Waals surface area (Å²) in [5.41, 5.74) is 6.30. The normalized spacial score (nSPS) is 12.3. The quantitative estimate of drug-likeness (QED) is 0.848. The number of benzene rings is 1. The van der Waals surface area contributed by atoms with E-state index in [1.54, 1.807) is 25.2 Å². The smallest absolute Gasteiger partial charge is 0.337 e. The lowest BCUT2D eigenvalue weighted by molar-refractivity contribution is -0.119. The summed E-state index contributed by atoms with van der Waals surface area (Å²) in [6.45, 7) is 3.97. The Kier molecular flexibility index (Phi) is 5.06. The number of hydrogen-bond acceptors (Lipinski definition) is 3. The monoisotopic (exact) mass is 264 g/mol. The zero-order chi connectivity index (χ0) is 14.6. The second-order valence-electron chi connectivity index (χ2n) is 4.96. The van der Waals surface area contributed by atoms with Crippen molar-refractivity contribution in [3.63, 3.8) is 0 Å². The topological polar surface area (TPSA) is 83.6 Å². The van der Waals surface area contributed by atoms with Crippen molar-refractivity contribution in [3.05, 3.63) is 29.8 Å². The number of carbonyl (C=O) groups is 2. The Morgan fingerprint density at radius 1 is 1.32 bits per heavy atom. The van der Waals surface area contributed by atoms with Gasteiger partial charge in [-0.15, -0.1) is 0 Å². The van der Waals surface area contributed by atoms with Crippen LogP contribution in [0.1, 0.15) is 30.6 Å². The number of rotatable bonds is 5. The van der Waals surface area contributed by atoms with Crippen LogP contribution in [0.5, 0.6) is 0 Å². The van der Waals surface area contributed by atoms with Gasteiger partial charge in [0.1, 0.15) is 0 Å². The van der Waals surface area contributed by atoms with Crippen LogP contribution < -0.4 is 10.6 Å². The number of aromatic carboxylic acids is 1. The number of para-hydroxylation sites is 1. The van der Waals surface area contributed by atoms with E-state index >= 15 is 0 Å². The highest BCUT2D eigenvalue weighted by atomic mass is 16.4. The first-order valence-corrected chi connectivity index (χ1v) is 6.20. The molecule has 0 aliphatic rings. The van der Waals surface area contributed by atoms with Crippen LogP contribution in [0.2, 0.25) is 0 Å². The van der Waals surface area contributed by atoms with E-state index in [1.807, 2.05) is 13.8 Å². The summed E-state index contributed by atoms with van der Waals surface area (Å²) in [5, 5.41) is 9.11. The van der Waals surface area contributed by atoms with Gasteiger partial charge in [-0.2, -0.15) is 0 Å². The Morgan fingerprint density at radius 3 is 2.42 bits per heavy atom. The first kappa shape index (κ1) is 15.2. The first-order chi connectivity index (χ1) is 8.84. The Balaban J connectivity index is 2.97. The minimum atomic E-state index is -1.06. The summed E-state index contributed by atoms with van der Waals surface area (Å²) in [5.74, 6) is -1.03. The third kappa shape index (κ3) is 3.79. The fourth-order valence-corrected chi connectivity index (χ4v) is 1.92. The SMILES string of the molecule is CC(C)C[C@H](N)C(=O)N(C)c1ccccc1C(=O)O. The van der Waals surface area contributed by atoms with Gasteiger partial charge >= 0.3 is 5.97 Å². The van der Waals surface area contributed by atoms with Crippen molar-refractivity contribution < 1.29 is 14.7 Å². The molecule has 0 saturated carbocycles. The summed E-state index contributed by atoms with van der Waals surface area (Å²) in [7, 11) is 1.55. The highest BCUT2D eigenvalue weighted by Crippen LogP contribution is 2.20. The van der Waals surface area contributed by atoms with E-state index in [-0.39, 0.29) is 11.5 Å². The van der Waals surface area contributed by atoms with Crippen LogP contribution in [0.3, 0.4) is 0 Å². The molecule has 0 bridgehead atoms. The second kappa shape index (κ2) is 6.33. The summed E-state index contributed by atoms with van der Waals surface area (Å²) < 4.78 is 0. The molecule has 0 aromatic heterocycles. The highest BCUT2D eigenvalue weighted by molar-refractivity contribution is 6.03. The fourth-order valence-electron chi connectivity index (χ4n) is 1.92. The van der Waals surface area contributed by atoms with Crippen molar-refractivity contribution in [3.8, 4) is 0 Å². The zero-order valence-electron chi connectivity index (χ0n) is 11.5. The van der Waals surface area contributed by atoms with Gasteiger partial charge in [0.2, 0.25) is 5.91 Å². The molecular weight excluding hydrogens is 244 g/mol. The maximum Gasteiger partial charge on any atom is 0.337 e. The molecule has 1 aromatic rings. The van der Waals surface area contributed by atoms with E-state index in [4.69, 9.17) is 10.8 Å². The Labute approximate surface area is 113 Å². The van der Waals surface area contributed by atoms with Crippen molar-refractivity contribution in [1.82, 2.24) is 0 Å². The third-order valence-corrected chi connectivity index (χ3v) is 2.87. The zero-order valence-corrected chi connectivity index (χ0v) is 11.5. The molecule has 1 atom stereocenters. The minimum absolute atomic E-state index is 0.0927. The molecule has 5 heteroatoms. The molecule has 0 fully saturated rings. The fraction of sp³-hybridized carbons (Fsp3) is 0.429. The Morgan fingerprint density at radius 2 is 1.89 bits per heavy atom. The van der Waals surface area contributed by atoms with Gasteiger partial charge in [-0.1, -0.05) is 26.0 Å². The molecular formula is C14H20N2O3. The van der Waals surface area contributed by atoms with Gasteiger partial charge in [-0.3, -0.25) is 4.79 Å². The van der Waals surface area contributed by atoms with E-state index in [0.29, 0.717) is 18.0 Å². The summed E-state index contributed by atoms with van der Waals surface area (Å²) >= 11 is 0. The van der Waals surface area contributed by atoms with Crippen molar-refractivity contribution in [2.45, 2.75) is 26.3 Å². The molecule has 0 aliphatic carbocycles. The predicted molar refractivity (Wildman–Crippen MR) is 74.2 cm³/mol. The number of hydrogen-bond donors (Lipinski definition) is 2. The van der Waals surface area contributed by atoms with Crippen LogP contribution >= 0.6 is 0 Å². The number of carboxylic acid groups (broad SMARTS) is 1. The van der Waals surface area contributed by atoms with Crippen molar-refractivity contribution in [1.29, 1.82) is 0 Å². The van der Waals surface area contributed by atoms with Crippen LogP contribution in [0.4, 0.5) is 5.69 Å². The number of anilines is 1. The number of carboxylic acids is 1. The number of nitrogens with two attached hydrogens (primary N) is 1. The maximum atomic E-state index is 12.2. The van der Waals surface area contributed by atoms with Crippen LogP contribution in [0, 0.1) is 5.92 Å². The Bertz CT molecular complexity index is 472. The summed E-state index contributed by atoms with van der Waals surface area (Å²) in [4.78, 5) is 24.6. The average Bonchev–Trinajstić information content (AvgIpc) is 2.36. The first-order valence-electron chi connectivity index (χ1n) is 6.20. The molecule has 3 N–H and O–H groups in total. The van der Waals surface area contributed by atoms with Crippen LogP contribution in [0.25, 0.3) is 0 Å². The largest absolute Gasteiger partial charge is 0.478 e. The van der Waals surface area contributed by atoms with Gasteiger partial charge in [-0.25, -0.2) is 4.79 Å². The predicted octanol–water partition coefficient (Wildman–Crippen LogP) is 1.72. The molecule has 0 unspecified atom stereocenters. The standard InChI is InChI=1S/C14H20N2O3/c1-9(2)8-11(15)13(17)16(3)12-7-5-4-6-10(12)14(18)19/h4-7,9,11H,8,15H2,1-3H3,(H,18,19)/t11-/m0/s1. The molecule has 0 aliphatic heterocycles. The van der Waals surface area contributed by atoms with Gasteiger partial charge in [0.15, 0.2) is 0 Å². The average molecular weight is 264 g/mol. The van der Waals surface area contributed by atoms with Crippen molar-refractivity contribution in [2.24, 2.45) is 11.7 Å². The molecule has 104 valence electrons. The number of likely N-dealkylation sites (N-methyl/N-ethyl adjacent to an activating group) is 1. The number of amides is 1. The third-order valence-electron chi connectivity index (χ3n) is 2.87. The van der Waals surface area contributed by atoms with Gasteiger partial charge in [-0.05, 0) is 24.5 Å². The maximum absolute atomic E-state index is 12.2. The molecule has 19 heavy (non-hydrogen) atoms. The Hall–Kier alpha value is -1.88. The molecule has 1 aromatic carbocycles. The molecule has 0 heterocycles. The second-order valence-corrected chi connectivity index (χ2v) is 4.96. The molecule has 0 spiro atoms. The lowest BCUT2D eigenvalue weighted by Crippen LogP contribution is -2.43. The van der Waals surface area contributed by atoms with Crippen LogP contribution in [-0.2, 0) is 4.79 Å². The van der Waals surface area contributed by atoms with E-state index in [0.717, 1.165) is 0 Å². The van der Waals surface area contributed by atoms with Crippen LogP contribution in [0.15, 0.2) is 24.3 Å². The molecule has 0 radical (unpaired) electrons.